The molecule has 1 saturated heterocycles. The average Bonchev–Trinajstić information content (AvgIpc) is 3.30. The van der Waals surface area contributed by atoms with Crippen LogP contribution in [0.2, 0.25) is 0 Å². The summed E-state index contributed by atoms with van der Waals surface area (Å²) in [5, 5.41) is 4.67. The minimum atomic E-state index is -0.223. The zero-order chi connectivity index (χ0) is 22.7. The van der Waals surface area contributed by atoms with Crippen molar-refractivity contribution in [2.75, 3.05) is 18.0 Å². The van der Waals surface area contributed by atoms with Gasteiger partial charge in [0.2, 0.25) is 0 Å². The number of hydrogen-bond acceptors (Lipinski definition) is 5. The Kier molecular flexibility index (Phi) is 6.72. The quantitative estimate of drug-likeness (QED) is 0.512. The van der Waals surface area contributed by atoms with E-state index < -0.39 is 0 Å². The summed E-state index contributed by atoms with van der Waals surface area (Å²) in [6.45, 7) is 7.77. The Morgan fingerprint density at radius 1 is 1.22 bits per heavy atom. The number of carbonyl (C=O) groups is 1. The number of halogens is 1. The summed E-state index contributed by atoms with van der Waals surface area (Å²) in [5.41, 5.74) is 4.15. The number of aryl methyl sites for hydroxylation is 3. The smallest absolute Gasteiger partial charge is 0.297 e. The molecule has 0 N–H and O–H groups in total. The van der Waals surface area contributed by atoms with Gasteiger partial charge in [0.15, 0.2) is 5.78 Å². The molecule has 0 amide bonds. The predicted octanol–water partition coefficient (Wildman–Crippen LogP) is 5.12. The Bertz CT molecular complexity index is 1090. The molecule has 3 heterocycles. The molecule has 1 unspecified atom stereocenters. The number of carbonyl (C=O) groups excluding carboxylic acids is 1. The molecule has 6 nitrogen and oxygen atoms in total. The standard InChI is InChI=1S/C25H31FN4O2/c1-4-21-14-24(20-7-8-23(26)17(2)12-20)28-30(21)15-22(31)13-19-6-5-10-29(11-9-19)25-27-18(3)16-32-25/h7-8,12,14,16,19H,4-6,9-11,13,15H2,1-3H3. The molecule has 170 valence electrons. The van der Waals surface area contributed by atoms with Gasteiger partial charge in [-0.3, -0.25) is 9.48 Å². The summed E-state index contributed by atoms with van der Waals surface area (Å²) < 4.78 is 21.0. The molecule has 0 radical (unpaired) electrons. The number of hydrogen-bond donors (Lipinski definition) is 0. The summed E-state index contributed by atoms with van der Waals surface area (Å²) in [4.78, 5) is 19.5. The SMILES string of the molecule is CCc1cc(-c2ccc(F)c(C)c2)nn1CC(=O)CC1CCCN(c2nc(C)co2)CC1. The maximum absolute atomic E-state index is 13.6. The van der Waals surface area contributed by atoms with E-state index in [1.807, 2.05) is 17.7 Å². The second-order valence-electron chi connectivity index (χ2n) is 8.79. The first-order valence-corrected chi connectivity index (χ1v) is 11.4. The number of rotatable bonds is 7. The summed E-state index contributed by atoms with van der Waals surface area (Å²) in [6, 6.07) is 7.69. The van der Waals surface area contributed by atoms with Gasteiger partial charge in [0.25, 0.3) is 6.01 Å². The molecule has 7 heteroatoms. The van der Waals surface area contributed by atoms with Crippen molar-refractivity contribution in [3.05, 3.63) is 53.3 Å². The number of aromatic nitrogens is 3. The van der Waals surface area contributed by atoms with E-state index >= 15 is 0 Å². The Hall–Kier alpha value is -2.96. The fourth-order valence-corrected chi connectivity index (χ4v) is 4.42. The molecular formula is C25H31FN4O2. The van der Waals surface area contributed by atoms with Crippen LogP contribution >= 0.6 is 0 Å². The largest absolute Gasteiger partial charge is 0.432 e. The summed E-state index contributed by atoms with van der Waals surface area (Å²) >= 11 is 0. The molecule has 4 rings (SSSR count). The Morgan fingerprint density at radius 3 is 2.78 bits per heavy atom. The zero-order valence-electron chi connectivity index (χ0n) is 19.1. The molecule has 32 heavy (non-hydrogen) atoms. The number of oxazole rings is 1. The number of Topliss-reactive ketones (excluding diaryl/α,β-unsaturated/α-hetero) is 1. The van der Waals surface area contributed by atoms with Gasteiger partial charge in [-0.1, -0.05) is 6.92 Å². The van der Waals surface area contributed by atoms with Gasteiger partial charge in [-0.25, -0.2) is 4.39 Å². The third kappa shape index (κ3) is 5.09. The van der Waals surface area contributed by atoms with Crippen LogP contribution in [-0.4, -0.2) is 33.6 Å². The number of nitrogens with zero attached hydrogens (tertiary/aromatic N) is 4. The molecule has 0 saturated carbocycles. The molecule has 0 bridgehead atoms. The first-order valence-electron chi connectivity index (χ1n) is 11.4. The summed E-state index contributed by atoms with van der Waals surface area (Å²) in [5.74, 6) is 0.345. The number of ketones is 1. The van der Waals surface area contributed by atoms with Gasteiger partial charge in [0.05, 0.1) is 17.9 Å². The van der Waals surface area contributed by atoms with Crippen molar-refractivity contribution >= 4 is 11.8 Å². The highest BCUT2D eigenvalue weighted by Crippen LogP contribution is 2.26. The van der Waals surface area contributed by atoms with Crippen molar-refractivity contribution in [3.8, 4) is 11.3 Å². The summed E-state index contributed by atoms with van der Waals surface area (Å²) in [7, 11) is 0. The van der Waals surface area contributed by atoms with Crippen LogP contribution in [0.4, 0.5) is 10.4 Å². The normalized spacial score (nSPS) is 16.9. The second-order valence-corrected chi connectivity index (χ2v) is 8.79. The van der Waals surface area contributed by atoms with Gasteiger partial charge >= 0.3 is 0 Å². The molecule has 1 fully saturated rings. The molecule has 1 atom stereocenters. The van der Waals surface area contributed by atoms with E-state index in [0.717, 1.165) is 61.4 Å². The van der Waals surface area contributed by atoms with Crippen LogP contribution in [0, 0.1) is 25.6 Å². The van der Waals surface area contributed by atoms with Crippen molar-refractivity contribution in [3.63, 3.8) is 0 Å². The molecule has 0 spiro atoms. The van der Waals surface area contributed by atoms with E-state index in [2.05, 4.69) is 21.9 Å². The molecule has 1 aliphatic heterocycles. The lowest BCUT2D eigenvalue weighted by Gasteiger charge is -2.18. The van der Waals surface area contributed by atoms with Crippen LogP contribution < -0.4 is 4.90 Å². The van der Waals surface area contributed by atoms with Crippen molar-refractivity contribution in [2.45, 2.75) is 59.4 Å². The Morgan fingerprint density at radius 2 is 2.06 bits per heavy atom. The zero-order valence-corrected chi connectivity index (χ0v) is 19.1. The monoisotopic (exact) mass is 438 g/mol. The van der Waals surface area contributed by atoms with Gasteiger partial charge in [0.1, 0.15) is 12.1 Å². The maximum atomic E-state index is 13.6. The third-order valence-corrected chi connectivity index (χ3v) is 6.25. The van der Waals surface area contributed by atoms with Crippen LogP contribution in [0.1, 0.15) is 49.6 Å². The lowest BCUT2D eigenvalue weighted by Crippen LogP contribution is -2.24. The van der Waals surface area contributed by atoms with E-state index in [0.29, 0.717) is 23.9 Å². The average molecular weight is 439 g/mol. The molecule has 1 aromatic carbocycles. The highest BCUT2D eigenvalue weighted by molar-refractivity contribution is 5.78. The van der Waals surface area contributed by atoms with Crippen LogP contribution in [0.3, 0.4) is 0 Å². The van der Waals surface area contributed by atoms with Crippen molar-refractivity contribution < 1.29 is 13.6 Å². The topological polar surface area (TPSA) is 64.2 Å². The molecule has 0 aliphatic carbocycles. The van der Waals surface area contributed by atoms with Gasteiger partial charge in [-0.05, 0) is 75.3 Å². The van der Waals surface area contributed by atoms with E-state index in [-0.39, 0.29) is 18.1 Å². The molecule has 3 aromatic rings. The predicted molar refractivity (Wildman–Crippen MR) is 122 cm³/mol. The van der Waals surface area contributed by atoms with Gasteiger partial charge in [-0.15, -0.1) is 0 Å². The molecular weight excluding hydrogens is 407 g/mol. The van der Waals surface area contributed by atoms with Crippen LogP contribution in [-0.2, 0) is 17.8 Å². The minimum Gasteiger partial charge on any atom is -0.432 e. The van der Waals surface area contributed by atoms with Crippen molar-refractivity contribution in [1.82, 2.24) is 14.8 Å². The van der Waals surface area contributed by atoms with Gasteiger partial charge in [0, 0.05) is 30.8 Å². The number of anilines is 1. The van der Waals surface area contributed by atoms with Crippen LogP contribution in [0.25, 0.3) is 11.3 Å². The molecule has 2 aromatic heterocycles. The fourth-order valence-electron chi connectivity index (χ4n) is 4.42. The Balaban J connectivity index is 1.38. The maximum Gasteiger partial charge on any atom is 0.297 e. The number of benzene rings is 1. The van der Waals surface area contributed by atoms with Gasteiger partial charge < -0.3 is 9.32 Å². The highest BCUT2D eigenvalue weighted by atomic mass is 19.1. The van der Waals surface area contributed by atoms with Crippen LogP contribution in [0.5, 0.6) is 0 Å². The van der Waals surface area contributed by atoms with E-state index in [9.17, 15) is 9.18 Å². The van der Waals surface area contributed by atoms with Gasteiger partial charge in [-0.2, -0.15) is 10.1 Å². The minimum absolute atomic E-state index is 0.204. The lowest BCUT2D eigenvalue weighted by atomic mass is 9.95. The molecule has 1 aliphatic rings. The van der Waals surface area contributed by atoms with E-state index in [1.165, 1.54) is 6.07 Å². The van der Waals surface area contributed by atoms with Crippen molar-refractivity contribution in [1.29, 1.82) is 0 Å². The van der Waals surface area contributed by atoms with Crippen LogP contribution in [0.15, 0.2) is 34.9 Å². The third-order valence-electron chi connectivity index (χ3n) is 6.25. The first kappa shape index (κ1) is 22.2. The fraction of sp³-hybridized carbons (Fsp3) is 0.480. The lowest BCUT2D eigenvalue weighted by molar-refractivity contribution is -0.120. The van der Waals surface area contributed by atoms with Crippen molar-refractivity contribution in [2.24, 2.45) is 5.92 Å². The highest BCUT2D eigenvalue weighted by Gasteiger charge is 2.22. The Labute approximate surface area is 188 Å². The first-order chi connectivity index (χ1) is 15.4. The van der Waals surface area contributed by atoms with E-state index in [1.54, 1.807) is 25.3 Å². The van der Waals surface area contributed by atoms with E-state index in [4.69, 9.17) is 4.42 Å². The second kappa shape index (κ2) is 9.67. The summed E-state index contributed by atoms with van der Waals surface area (Å²) in [6.07, 6.45) is 6.03.